The van der Waals surface area contributed by atoms with E-state index in [9.17, 15) is 0 Å². The maximum atomic E-state index is 6.05. The molecule has 0 fully saturated rings. The van der Waals surface area contributed by atoms with Crippen LogP contribution in [0.2, 0.25) is 0 Å². The molecule has 0 spiro atoms. The van der Waals surface area contributed by atoms with E-state index in [0.717, 1.165) is 37.3 Å². The minimum absolute atomic E-state index is 0.838. The van der Waals surface area contributed by atoms with E-state index in [-0.39, 0.29) is 0 Å². The highest BCUT2D eigenvalue weighted by Gasteiger charge is 2.13. The Hall–Kier alpha value is -1.28. The van der Waals surface area contributed by atoms with Gasteiger partial charge in [-0.3, -0.25) is 0 Å². The van der Waals surface area contributed by atoms with Crippen LogP contribution in [0.3, 0.4) is 0 Å². The molecule has 0 radical (unpaired) electrons. The van der Waals surface area contributed by atoms with Gasteiger partial charge in [0.1, 0.15) is 11.3 Å². The standard InChI is InChI=1S/C18H27NO/c1-4-7-9-14-10-11-17-16(12-14)15(8-5-2)18(20-17)13-19-6-3/h10-12,19H,4-9,13H2,1-3H3. The van der Waals surface area contributed by atoms with E-state index in [0.29, 0.717) is 0 Å². The van der Waals surface area contributed by atoms with Gasteiger partial charge in [0.25, 0.3) is 0 Å². The van der Waals surface area contributed by atoms with Gasteiger partial charge in [-0.1, -0.05) is 39.7 Å². The van der Waals surface area contributed by atoms with Crippen molar-refractivity contribution in [1.82, 2.24) is 5.32 Å². The monoisotopic (exact) mass is 273 g/mol. The smallest absolute Gasteiger partial charge is 0.134 e. The molecule has 0 saturated heterocycles. The van der Waals surface area contributed by atoms with Crippen LogP contribution in [0.4, 0.5) is 0 Å². The Morgan fingerprint density at radius 2 is 1.90 bits per heavy atom. The summed E-state index contributed by atoms with van der Waals surface area (Å²) in [5, 5.41) is 4.71. The number of unbranched alkanes of at least 4 members (excludes halogenated alkanes) is 1. The van der Waals surface area contributed by atoms with Crippen molar-refractivity contribution in [3.63, 3.8) is 0 Å². The highest BCUT2D eigenvalue weighted by molar-refractivity contribution is 5.83. The first-order valence-electron chi connectivity index (χ1n) is 8.04. The average molecular weight is 273 g/mol. The zero-order valence-electron chi connectivity index (χ0n) is 13.1. The van der Waals surface area contributed by atoms with Gasteiger partial charge in [0.15, 0.2) is 0 Å². The first kappa shape index (κ1) is 15.1. The molecule has 0 saturated carbocycles. The molecule has 2 aromatic rings. The summed E-state index contributed by atoms with van der Waals surface area (Å²) in [6.45, 7) is 8.42. The van der Waals surface area contributed by atoms with Crippen molar-refractivity contribution in [2.24, 2.45) is 0 Å². The fourth-order valence-electron chi connectivity index (χ4n) is 2.69. The van der Waals surface area contributed by atoms with Crippen LogP contribution in [0.1, 0.15) is 56.9 Å². The quantitative estimate of drug-likeness (QED) is 0.744. The second-order valence-electron chi connectivity index (χ2n) is 5.47. The highest BCUT2D eigenvalue weighted by atomic mass is 16.3. The molecule has 1 aromatic carbocycles. The summed E-state index contributed by atoms with van der Waals surface area (Å²) >= 11 is 0. The topological polar surface area (TPSA) is 25.2 Å². The number of rotatable bonds is 8. The maximum Gasteiger partial charge on any atom is 0.134 e. The molecule has 110 valence electrons. The molecular weight excluding hydrogens is 246 g/mol. The number of hydrogen-bond donors (Lipinski definition) is 1. The van der Waals surface area contributed by atoms with E-state index in [4.69, 9.17) is 4.42 Å². The predicted octanol–water partition coefficient (Wildman–Crippen LogP) is 4.84. The molecule has 1 N–H and O–H groups in total. The summed E-state index contributed by atoms with van der Waals surface area (Å²) in [7, 11) is 0. The molecule has 0 aliphatic heterocycles. The van der Waals surface area contributed by atoms with E-state index in [1.54, 1.807) is 0 Å². The van der Waals surface area contributed by atoms with Gasteiger partial charge >= 0.3 is 0 Å². The molecule has 0 aliphatic rings. The molecule has 20 heavy (non-hydrogen) atoms. The van der Waals surface area contributed by atoms with Crippen molar-refractivity contribution in [3.8, 4) is 0 Å². The number of hydrogen-bond acceptors (Lipinski definition) is 2. The molecule has 0 atom stereocenters. The van der Waals surface area contributed by atoms with Crippen LogP contribution in [0.25, 0.3) is 11.0 Å². The summed E-state index contributed by atoms with van der Waals surface area (Å²) in [5.74, 6) is 1.12. The van der Waals surface area contributed by atoms with Gasteiger partial charge < -0.3 is 9.73 Å². The number of fused-ring (bicyclic) bond motifs is 1. The van der Waals surface area contributed by atoms with Crippen LogP contribution >= 0.6 is 0 Å². The van der Waals surface area contributed by atoms with Gasteiger partial charge in [-0.05, 0) is 43.5 Å². The van der Waals surface area contributed by atoms with Crippen molar-refractivity contribution in [2.45, 2.75) is 59.4 Å². The summed E-state index contributed by atoms with van der Waals surface area (Å²) in [6.07, 6.45) is 5.94. The summed E-state index contributed by atoms with van der Waals surface area (Å²) in [4.78, 5) is 0. The Morgan fingerprint density at radius 3 is 2.60 bits per heavy atom. The number of furan rings is 1. The molecule has 0 amide bonds. The zero-order chi connectivity index (χ0) is 14.4. The number of nitrogens with one attached hydrogen (secondary N) is 1. The van der Waals surface area contributed by atoms with Crippen molar-refractivity contribution in [1.29, 1.82) is 0 Å². The first-order valence-corrected chi connectivity index (χ1v) is 8.04. The lowest BCUT2D eigenvalue weighted by Crippen LogP contribution is -2.12. The minimum atomic E-state index is 0.838. The second-order valence-corrected chi connectivity index (χ2v) is 5.47. The van der Waals surface area contributed by atoms with Crippen LogP contribution in [-0.4, -0.2) is 6.54 Å². The average Bonchev–Trinajstić information content (AvgIpc) is 2.81. The summed E-state index contributed by atoms with van der Waals surface area (Å²) < 4.78 is 6.05. The van der Waals surface area contributed by atoms with Gasteiger partial charge in [0, 0.05) is 10.9 Å². The van der Waals surface area contributed by atoms with E-state index < -0.39 is 0 Å². The SMILES string of the molecule is CCCCc1ccc2oc(CNCC)c(CCC)c2c1. The van der Waals surface area contributed by atoms with Gasteiger partial charge in [0.2, 0.25) is 0 Å². The minimum Gasteiger partial charge on any atom is -0.459 e. The zero-order valence-corrected chi connectivity index (χ0v) is 13.1. The molecule has 2 rings (SSSR count). The third-order valence-electron chi connectivity index (χ3n) is 3.79. The van der Waals surface area contributed by atoms with Crippen LogP contribution in [0, 0.1) is 0 Å². The number of benzene rings is 1. The Bertz CT molecular complexity index is 542. The fraction of sp³-hybridized carbons (Fsp3) is 0.556. The third-order valence-corrected chi connectivity index (χ3v) is 3.79. The predicted molar refractivity (Wildman–Crippen MR) is 86.2 cm³/mol. The molecular formula is C18H27NO. The van der Waals surface area contributed by atoms with Crippen LogP contribution in [0.15, 0.2) is 22.6 Å². The largest absolute Gasteiger partial charge is 0.459 e. The lowest BCUT2D eigenvalue weighted by atomic mass is 10.0. The Morgan fingerprint density at radius 1 is 1.05 bits per heavy atom. The van der Waals surface area contributed by atoms with E-state index in [1.807, 2.05) is 0 Å². The first-order chi connectivity index (χ1) is 9.80. The molecule has 1 heterocycles. The Kier molecular flexibility index (Phi) is 5.66. The Labute approximate surface area is 122 Å². The highest BCUT2D eigenvalue weighted by Crippen LogP contribution is 2.28. The van der Waals surface area contributed by atoms with Crippen molar-refractivity contribution in [3.05, 3.63) is 35.1 Å². The van der Waals surface area contributed by atoms with Gasteiger partial charge in [0.05, 0.1) is 6.54 Å². The molecule has 2 heteroatoms. The van der Waals surface area contributed by atoms with Gasteiger partial charge in [-0.15, -0.1) is 0 Å². The fourth-order valence-corrected chi connectivity index (χ4v) is 2.69. The van der Waals surface area contributed by atoms with E-state index >= 15 is 0 Å². The van der Waals surface area contributed by atoms with Crippen LogP contribution in [0.5, 0.6) is 0 Å². The van der Waals surface area contributed by atoms with Crippen molar-refractivity contribution in [2.75, 3.05) is 6.54 Å². The van der Waals surface area contributed by atoms with Gasteiger partial charge in [-0.25, -0.2) is 0 Å². The Balaban J connectivity index is 2.35. The lowest BCUT2D eigenvalue weighted by molar-refractivity contribution is 0.513. The summed E-state index contributed by atoms with van der Waals surface area (Å²) in [5.41, 5.74) is 3.89. The lowest BCUT2D eigenvalue weighted by Gasteiger charge is -2.03. The normalized spacial score (nSPS) is 11.3. The number of aryl methyl sites for hydroxylation is 2. The molecule has 0 aliphatic carbocycles. The molecule has 0 bridgehead atoms. The van der Waals surface area contributed by atoms with E-state index in [2.05, 4.69) is 44.3 Å². The van der Waals surface area contributed by atoms with Crippen LogP contribution < -0.4 is 5.32 Å². The molecule has 2 nitrogen and oxygen atoms in total. The summed E-state index contributed by atoms with van der Waals surface area (Å²) in [6, 6.07) is 6.71. The van der Waals surface area contributed by atoms with E-state index in [1.165, 1.54) is 35.8 Å². The molecule has 1 aromatic heterocycles. The third kappa shape index (κ3) is 3.43. The maximum absolute atomic E-state index is 6.05. The van der Waals surface area contributed by atoms with Gasteiger partial charge in [-0.2, -0.15) is 0 Å². The molecule has 0 unspecified atom stereocenters. The van der Waals surface area contributed by atoms with Crippen LogP contribution in [-0.2, 0) is 19.4 Å². The van der Waals surface area contributed by atoms with Crippen molar-refractivity contribution >= 4 is 11.0 Å². The van der Waals surface area contributed by atoms with Crippen molar-refractivity contribution < 1.29 is 4.42 Å². The second kappa shape index (κ2) is 7.49.